The minimum absolute atomic E-state index is 0.190. The van der Waals surface area contributed by atoms with E-state index >= 15 is 0 Å². The van der Waals surface area contributed by atoms with Crippen molar-refractivity contribution in [1.82, 2.24) is 25.1 Å². The van der Waals surface area contributed by atoms with Gasteiger partial charge in [-0.15, -0.1) is 0 Å². The van der Waals surface area contributed by atoms with E-state index in [1.54, 1.807) is 11.0 Å². The topological polar surface area (TPSA) is 98.4 Å². The zero-order valence-electron chi connectivity index (χ0n) is 18.6. The summed E-state index contributed by atoms with van der Waals surface area (Å²) in [7, 11) is 0. The maximum Gasteiger partial charge on any atom is 0.255 e. The van der Waals surface area contributed by atoms with Crippen molar-refractivity contribution in [3.8, 4) is 11.3 Å². The molecule has 2 saturated heterocycles. The van der Waals surface area contributed by atoms with Gasteiger partial charge in [-0.3, -0.25) is 24.6 Å². The summed E-state index contributed by atoms with van der Waals surface area (Å²) < 4.78 is 0. The highest BCUT2D eigenvalue weighted by Gasteiger charge is 2.39. The number of aromatic nitrogens is 2. The molecular formula is C25H24ClN5O3. The molecule has 1 unspecified atom stereocenters. The lowest BCUT2D eigenvalue weighted by atomic mass is 10.0. The van der Waals surface area contributed by atoms with Crippen LogP contribution in [0.2, 0.25) is 5.02 Å². The first kappa shape index (κ1) is 21.3. The highest BCUT2D eigenvalue weighted by molar-refractivity contribution is 6.34. The number of hydrogen-bond acceptors (Lipinski definition) is 5. The largest absolute Gasteiger partial charge is 0.346 e. The number of rotatable bonds is 4. The van der Waals surface area contributed by atoms with Crippen LogP contribution in [0, 0.1) is 0 Å². The van der Waals surface area contributed by atoms with Crippen LogP contribution < -0.4 is 5.32 Å². The average molecular weight is 478 g/mol. The van der Waals surface area contributed by atoms with Crippen LogP contribution in [0.1, 0.15) is 47.2 Å². The number of nitrogens with one attached hydrogen (secondary N) is 2. The Labute approximate surface area is 201 Å². The number of pyridine rings is 1. The number of amides is 3. The van der Waals surface area contributed by atoms with Gasteiger partial charge in [0, 0.05) is 42.2 Å². The molecule has 174 valence electrons. The molecule has 0 radical (unpaired) electrons. The van der Waals surface area contributed by atoms with Crippen LogP contribution in [0.4, 0.5) is 0 Å². The fourth-order valence-electron chi connectivity index (χ4n) is 5.35. The Morgan fingerprint density at radius 3 is 2.74 bits per heavy atom. The van der Waals surface area contributed by atoms with Gasteiger partial charge >= 0.3 is 0 Å². The molecular weight excluding hydrogens is 454 g/mol. The first-order valence-corrected chi connectivity index (χ1v) is 12.0. The number of aromatic amines is 1. The Morgan fingerprint density at radius 1 is 1.12 bits per heavy atom. The molecule has 8 nitrogen and oxygen atoms in total. The third kappa shape index (κ3) is 3.49. The van der Waals surface area contributed by atoms with Crippen LogP contribution in [0.3, 0.4) is 0 Å². The van der Waals surface area contributed by atoms with Crippen LogP contribution in [-0.2, 0) is 22.7 Å². The number of carbonyl (C=O) groups is 3. The predicted octanol–water partition coefficient (Wildman–Crippen LogP) is 3.24. The number of nitrogens with zero attached hydrogens (tertiary/aromatic N) is 3. The van der Waals surface area contributed by atoms with Crippen LogP contribution in [0.15, 0.2) is 30.5 Å². The molecule has 0 bridgehead atoms. The minimum atomic E-state index is -0.634. The van der Waals surface area contributed by atoms with Gasteiger partial charge in [-0.05, 0) is 61.7 Å². The van der Waals surface area contributed by atoms with Crippen LogP contribution >= 0.6 is 11.6 Å². The molecule has 2 N–H and O–H groups in total. The smallest absolute Gasteiger partial charge is 0.255 e. The SMILES string of the molecule is O=C1CCC(N2Cc3cc(-c4nc5[nH]ccc5c(CN5CCCC5)c4Cl)ccc3C2=O)C(=O)N1. The Kier molecular flexibility index (Phi) is 5.15. The molecule has 0 spiro atoms. The second-order valence-corrected chi connectivity index (χ2v) is 9.63. The van der Waals surface area contributed by atoms with Gasteiger partial charge in [0.1, 0.15) is 11.7 Å². The second-order valence-electron chi connectivity index (χ2n) is 9.25. The van der Waals surface area contributed by atoms with Crippen molar-refractivity contribution in [2.45, 2.75) is 44.8 Å². The van der Waals surface area contributed by atoms with E-state index in [1.807, 2.05) is 24.4 Å². The molecule has 3 aromatic rings. The van der Waals surface area contributed by atoms with E-state index < -0.39 is 11.9 Å². The summed E-state index contributed by atoms with van der Waals surface area (Å²) in [5, 5.41) is 4.00. The summed E-state index contributed by atoms with van der Waals surface area (Å²) in [4.78, 5) is 48.9. The molecule has 2 fully saturated rings. The summed E-state index contributed by atoms with van der Waals surface area (Å²) >= 11 is 6.96. The zero-order chi connectivity index (χ0) is 23.4. The molecule has 0 aliphatic carbocycles. The third-order valence-electron chi connectivity index (χ3n) is 7.12. The van der Waals surface area contributed by atoms with E-state index in [-0.39, 0.29) is 18.2 Å². The minimum Gasteiger partial charge on any atom is -0.346 e. The van der Waals surface area contributed by atoms with Crippen molar-refractivity contribution in [3.05, 3.63) is 52.2 Å². The lowest BCUT2D eigenvalue weighted by Crippen LogP contribution is -2.52. The third-order valence-corrected chi connectivity index (χ3v) is 7.53. The van der Waals surface area contributed by atoms with E-state index in [0.29, 0.717) is 29.2 Å². The van der Waals surface area contributed by atoms with Crippen LogP contribution in [-0.4, -0.2) is 56.6 Å². The predicted molar refractivity (Wildman–Crippen MR) is 127 cm³/mol. The van der Waals surface area contributed by atoms with Gasteiger partial charge in [0.25, 0.3) is 5.91 Å². The first-order chi connectivity index (χ1) is 16.5. The zero-order valence-corrected chi connectivity index (χ0v) is 19.3. The number of carbonyl (C=O) groups excluding carboxylic acids is 3. The quantitative estimate of drug-likeness (QED) is 0.562. The van der Waals surface area contributed by atoms with Gasteiger partial charge in [0.05, 0.1) is 10.7 Å². The van der Waals surface area contributed by atoms with Crippen molar-refractivity contribution in [2.24, 2.45) is 0 Å². The summed E-state index contributed by atoms with van der Waals surface area (Å²) in [5.74, 6) is -0.895. The normalized spacial score (nSPS) is 20.9. The van der Waals surface area contributed by atoms with Gasteiger partial charge in [-0.1, -0.05) is 17.7 Å². The second kappa shape index (κ2) is 8.21. The Hall–Kier alpha value is -3.23. The Morgan fingerprint density at radius 2 is 1.94 bits per heavy atom. The molecule has 5 heterocycles. The van der Waals surface area contributed by atoms with Crippen molar-refractivity contribution < 1.29 is 14.4 Å². The van der Waals surface area contributed by atoms with Gasteiger partial charge in [0.15, 0.2) is 0 Å². The molecule has 0 saturated carbocycles. The van der Waals surface area contributed by atoms with Gasteiger partial charge in [-0.25, -0.2) is 4.98 Å². The van der Waals surface area contributed by atoms with Crippen molar-refractivity contribution in [3.63, 3.8) is 0 Å². The molecule has 6 rings (SSSR count). The lowest BCUT2D eigenvalue weighted by molar-refractivity contribution is -0.136. The van der Waals surface area contributed by atoms with Crippen molar-refractivity contribution in [1.29, 1.82) is 0 Å². The summed E-state index contributed by atoms with van der Waals surface area (Å²) in [6.07, 6.45) is 4.86. The number of hydrogen-bond donors (Lipinski definition) is 2. The van der Waals surface area contributed by atoms with Crippen molar-refractivity contribution >= 4 is 40.4 Å². The van der Waals surface area contributed by atoms with E-state index in [0.717, 1.165) is 47.4 Å². The highest BCUT2D eigenvalue weighted by atomic mass is 35.5. The number of fused-ring (bicyclic) bond motifs is 2. The standard InChI is InChI=1S/C25H24ClN5O3/c26-21-18(13-30-9-1-2-10-30)17-7-8-27-23(17)29-22(21)14-3-4-16-15(11-14)12-31(25(16)34)19-5-6-20(32)28-24(19)33/h3-4,7-8,11,19H,1-2,5-6,9-10,12-13H2,(H,27,29)(H,28,32,33). The average Bonchev–Trinajstić information content (AvgIpc) is 3.56. The van der Waals surface area contributed by atoms with E-state index in [2.05, 4.69) is 15.2 Å². The number of likely N-dealkylation sites (tertiary alicyclic amines) is 1. The van der Waals surface area contributed by atoms with Gasteiger partial charge in [-0.2, -0.15) is 0 Å². The maximum atomic E-state index is 13.0. The molecule has 1 aromatic carbocycles. The fraction of sp³-hybridized carbons (Fsp3) is 0.360. The number of halogens is 1. The summed E-state index contributed by atoms with van der Waals surface area (Å²) in [6.45, 7) is 3.22. The molecule has 34 heavy (non-hydrogen) atoms. The Balaban J connectivity index is 1.35. The van der Waals surface area contributed by atoms with Gasteiger partial charge < -0.3 is 9.88 Å². The number of H-pyrrole nitrogens is 1. The molecule has 3 amide bonds. The fourth-order valence-corrected chi connectivity index (χ4v) is 5.66. The summed E-state index contributed by atoms with van der Waals surface area (Å²) in [5.41, 5.74) is 4.77. The van der Waals surface area contributed by atoms with Gasteiger partial charge in [0.2, 0.25) is 11.8 Å². The molecule has 3 aliphatic heterocycles. The molecule has 3 aliphatic rings. The molecule has 1 atom stereocenters. The molecule has 2 aromatic heterocycles. The highest BCUT2D eigenvalue weighted by Crippen LogP contribution is 2.37. The Bertz CT molecular complexity index is 1340. The monoisotopic (exact) mass is 477 g/mol. The van der Waals surface area contributed by atoms with E-state index in [4.69, 9.17) is 16.6 Å². The number of piperidine rings is 1. The molecule has 9 heteroatoms. The number of benzene rings is 1. The van der Waals surface area contributed by atoms with Crippen LogP contribution in [0.25, 0.3) is 22.3 Å². The number of imide groups is 1. The van der Waals surface area contributed by atoms with Crippen LogP contribution in [0.5, 0.6) is 0 Å². The summed E-state index contributed by atoms with van der Waals surface area (Å²) in [6, 6.07) is 6.98. The lowest BCUT2D eigenvalue weighted by Gasteiger charge is -2.29. The first-order valence-electron chi connectivity index (χ1n) is 11.7. The van der Waals surface area contributed by atoms with Crippen molar-refractivity contribution in [2.75, 3.05) is 13.1 Å². The van der Waals surface area contributed by atoms with E-state index in [9.17, 15) is 14.4 Å². The maximum absolute atomic E-state index is 13.0. The van der Waals surface area contributed by atoms with E-state index in [1.165, 1.54) is 12.8 Å².